The molecule has 1 N–H and O–H groups in total. The Balaban J connectivity index is 2.13. The zero-order chi connectivity index (χ0) is 13.2. The maximum absolute atomic E-state index is 10.4. The van der Waals surface area contributed by atoms with Crippen molar-refractivity contribution in [3.8, 4) is 0 Å². The lowest BCUT2D eigenvalue weighted by atomic mass is 9.79. The molecule has 2 heteroatoms. The normalized spacial score (nSPS) is 21.1. The summed E-state index contributed by atoms with van der Waals surface area (Å²) < 4.78 is 5.46. The molecule has 0 spiro atoms. The summed E-state index contributed by atoms with van der Waals surface area (Å²) in [4.78, 5) is 0. The molecule has 2 rings (SSSR count). The second-order valence-electron chi connectivity index (χ2n) is 5.57. The van der Waals surface area contributed by atoms with E-state index in [0.717, 1.165) is 17.9 Å². The van der Waals surface area contributed by atoms with E-state index in [-0.39, 0.29) is 0 Å². The summed E-state index contributed by atoms with van der Waals surface area (Å²) in [6.45, 7) is 3.99. The molecule has 2 nitrogen and oxygen atoms in total. The Hall–Kier alpha value is -0.860. The van der Waals surface area contributed by atoms with E-state index in [0.29, 0.717) is 0 Å². The van der Waals surface area contributed by atoms with Gasteiger partial charge in [0.05, 0.1) is 5.60 Å². The number of ether oxygens (including phenoxy) is 1. The third-order valence-corrected chi connectivity index (χ3v) is 4.58. The number of aliphatic hydroxyl groups is 1. The molecule has 1 aliphatic rings. The molecule has 18 heavy (non-hydrogen) atoms. The quantitative estimate of drug-likeness (QED) is 0.858. The van der Waals surface area contributed by atoms with Gasteiger partial charge < -0.3 is 9.84 Å². The highest BCUT2D eigenvalue weighted by atomic mass is 16.5. The highest BCUT2D eigenvalue weighted by molar-refractivity contribution is 5.29. The van der Waals surface area contributed by atoms with Gasteiger partial charge >= 0.3 is 0 Å². The topological polar surface area (TPSA) is 29.5 Å². The summed E-state index contributed by atoms with van der Waals surface area (Å²) in [7, 11) is 1.66. The number of hydrogen-bond donors (Lipinski definition) is 1. The van der Waals surface area contributed by atoms with Crippen molar-refractivity contribution in [2.24, 2.45) is 0 Å². The molecule has 0 aromatic heterocycles. The first kappa shape index (κ1) is 13.6. The molecule has 0 radical (unpaired) electrons. The first-order chi connectivity index (χ1) is 8.60. The molecule has 2 unspecified atom stereocenters. The Kier molecular flexibility index (Phi) is 4.08. The zero-order valence-corrected chi connectivity index (χ0v) is 11.6. The summed E-state index contributed by atoms with van der Waals surface area (Å²) in [5.74, 6) is 0.746. The second kappa shape index (κ2) is 5.41. The number of benzene rings is 1. The van der Waals surface area contributed by atoms with Crippen LogP contribution in [-0.2, 0) is 4.74 Å². The highest BCUT2D eigenvalue weighted by Crippen LogP contribution is 2.37. The Morgan fingerprint density at radius 2 is 1.94 bits per heavy atom. The maximum Gasteiger partial charge on any atom is 0.108 e. The summed E-state index contributed by atoms with van der Waals surface area (Å²) in [5.41, 5.74) is 1.86. The van der Waals surface area contributed by atoms with Crippen molar-refractivity contribution in [3.05, 3.63) is 35.4 Å². The van der Waals surface area contributed by atoms with Gasteiger partial charge in [0.25, 0.3) is 0 Å². The van der Waals surface area contributed by atoms with Gasteiger partial charge in [0.1, 0.15) is 6.10 Å². The fraction of sp³-hybridized carbons (Fsp3) is 0.625. The fourth-order valence-electron chi connectivity index (χ4n) is 2.49. The van der Waals surface area contributed by atoms with Crippen molar-refractivity contribution >= 4 is 0 Å². The number of methoxy groups -OCH3 is 1. The van der Waals surface area contributed by atoms with Crippen LogP contribution in [0.15, 0.2) is 24.3 Å². The summed E-state index contributed by atoms with van der Waals surface area (Å²) in [5, 5.41) is 10.4. The van der Waals surface area contributed by atoms with E-state index in [4.69, 9.17) is 4.74 Å². The summed E-state index contributed by atoms with van der Waals surface area (Å²) >= 11 is 0. The Labute approximate surface area is 110 Å². The molecule has 0 bridgehead atoms. The minimum atomic E-state index is -0.567. The smallest absolute Gasteiger partial charge is 0.108 e. The van der Waals surface area contributed by atoms with Gasteiger partial charge in [0.2, 0.25) is 0 Å². The first-order valence-corrected chi connectivity index (χ1v) is 6.94. The molecule has 0 heterocycles. The predicted molar refractivity (Wildman–Crippen MR) is 73.7 cm³/mol. The number of rotatable bonds is 5. The van der Waals surface area contributed by atoms with Crippen LogP contribution in [0.1, 0.15) is 62.7 Å². The average Bonchev–Trinajstić information content (AvgIpc) is 2.36. The van der Waals surface area contributed by atoms with Crippen molar-refractivity contribution in [2.45, 2.75) is 57.2 Å². The lowest BCUT2D eigenvalue weighted by Crippen LogP contribution is -2.34. The third kappa shape index (κ3) is 2.45. The van der Waals surface area contributed by atoms with Crippen LogP contribution >= 0.6 is 0 Å². The molecule has 100 valence electrons. The van der Waals surface area contributed by atoms with E-state index < -0.39 is 11.7 Å². The van der Waals surface area contributed by atoms with Crippen molar-refractivity contribution in [2.75, 3.05) is 7.11 Å². The summed E-state index contributed by atoms with van der Waals surface area (Å²) in [6, 6.07) is 8.42. The fourth-order valence-corrected chi connectivity index (χ4v) is 2.49. The SMILES string of the molecule is CCC(C)(OC)C(O)c1ccc(C2CCC2)cc1. The minimum Gasteiger partial charge on any atom is -0.385 e. The Bertz CT molecular complexity index is 375. The lowest BCUT2D eigenvalue weighted by Gasteiger charge is -2.33. The van der Waals surface area contributed by atoms with Crippen LogP contribution in [0.5, 0.6) is 0 Å². The molecule has 1 aliphatic carbocycles. The van der Waals surface area contributed by atoms with Crippen LogP contribution in [0.3, 0.4) is 0 Å². The highest BCUT2D eigenvalue weighted by Gasteiger charge is 2.32. The molecular weight excluding hydrogens is 224 g/mol. The van der Waals surface area contributed by atoms with Gasteiger partial charge in [-0.1, -0.05) is 37.6 Å². The van der Waals surface area contributed by atoms with Crippen LogP contribution in [0, 0.1) is 0 Å². The monoisotopic (exact) mass is 248 g/mol. The molecule has 0 saturated heterocycles. The van der Waals surface area contributed by atoms with Crippen molar-refractivity contribution in [1.29, 1.82) is 0 Å². The lowest BCUT2D eigenvalue weighted by molar-refractivity contribution is -0.0944. The Morgan fingerprint density at radius 3 is 2.33 bits per heavy atom. The van der Waals surface area contributed by atoms with Crippen molar-refractivity contribution in [3.63, 3.8) is 0 Å². The molecule has 0 amide bonds. The molecule has 1 aromatic rings. The van der Waals surface area contributed by atoms with Gasteiger partial charge in [0.15, 0.2) is 0 Å². The predicted octanol–water partition coefficient (Wildman–Crippen LogP) is 3.80. The van der Waals surface area contributed by atoms with Gasteiger partial charge in [-0.15, -0.1) is 0 Å². The van der Waals surface area contributed by atoms with Crippen LogP contribution in [0.4, 0.5) is 0 Å². The van der Waals surface area contributed by atoms with E-state index in [1.165, 1.54) is 24.8 Å². The van der Waals surface area contributed by atoms with Crippen LogP contribution in [0.2, 0.25) is 0 Å². The molecular formula is C16H24O2. The van der Waals surface area contributed by atoms with Gasteiger partial charge in [0, 0.05) is 7.11 Å². The number of hydrogen-bond acceptors (Lipinski definition) is 2. The molecule has 1 aromatic carbocycles. The molecule has 1 saturated carbocycles. The van der Waals surface area contributed by atoms with E-state index in [1.54, 1.807) is 7.11 Å². The van der Waals surface area contributed by atoms with E-state index in [2.05, 4.69) is 12.1 Å². The maximum atomic E-state index is 10.4. The van der Waals surface area contributed by atoms with Gasteiger partial charge in [-0.05, 0) is 43.2 Å². The van der Waals surface area contributed by atoms with Crippen LogP contribution in [-0.4, -0.2) is 17.8 Å². The standard InChI is InChI=1S/C16H24O2/c1-4-16(2,18-3)15(17)14-10-8-13(9-11-14)12-6-5-7-12/h8-12,15,17H,4-7H2,1-3H3. The van der Waals surface area contributed by atoms with Gasteiger partial charge in [-0.3, -0.25) is 0 Å². The van der Waals surface area contributed by atoms with Crippen LogP contribution < -0.4 is 0 Å². The average molecular weight is 248 g/mol. The molecule has 2 atom stereocenters. The minimum absolute atomic E-state index is 0.502. The van der Waals surface area contributed by atoms with Gasteiger partial charge in [-0.2, -0.15) is 0 Å². The zero-order valence-electron chi connectivity index (χ0n) is 11.6. The van der Waals surface area contributed by atoms with Crippen molar-refractivity contribution in [1.82, 2.24) is 0 Å². The third-order valence-electron chi connectivity index (χ3n) is 4.58. The van der Waals surface area contributed by atoms with E-state index in [1.807, 2.05) is 26.0 Å². The van der Waals surface area contributed by atoms with Crippen molar-refractivity contribution < 1.29 is 9.84 Å². The first-order valence-electron chi connectivity index (χ1n) is 6.94. The summed E-state index contributed by atoms with van der Waals surface area (Å²) in [6.07, 6.45) is 4.20. The number of aliphatic hydroxyl groups excluding tert-OH is 1. The van der Waals surface area contributed by atoms with Gasteiger partial charge in [-0.25, -0.2) is 0 Å². The van der Waals surface area contributed by atoms with E-state index in [9.17, 15) is 5.11 Å². The Morgan fingerprint density at radius 1 is 1.33 bits per heavy atom. The second-order valence-corrected chi connectivity index (χ2v) is 5.57. The van der Waals surface area contributed by atoms with E-state index >= 15 is 0 Å². The largest absolute Gasteiger partial charge is 0.385 e. The van der Waals surface area contributed by atoms with Crippen LogP contribution in [0.25, 0.3) is 0 Å². The molecule has 0 aliphatic heterocycles. The molecule has 1 fully saturated rings.